The van der Waals surface area contributed by atoms with Crippen molar-refractivity contribution in [2.24, 2.45) is 0 Å². The number of hydrogen-bond donors (Lipinski definition) is 2. The van der Waals surface area contributed by atoms with Crippen LogP contribution < -0.4 is 10.6 Å². The van der Waals surface area contributed by atoms with Crippen LogP contribution in [0.2, 0.25) is 0 Å². The van der Waals surface area contributed by atoms with Gasteiger partial charge in [-0.3, -0.25) is 14.9 Å². The molecule has 0 aliphatic rings. The van der Waals surface area contributed by atoms with Crippen molar-refractivity contribution < 1.29 is 14.5 Å². The molecule has 1 amide bonds. The lowest BCUT2D eigenvalue weighted by atomic mass is 10.1. The summed E-state index contributed by atoms with van der Waals surface area (Å²) in [6, 6.07) is 4.17. The minimum Gasteiger partial charge on any atom is -0.387 e. The molecule has 22 heavy (non-hydrogen) atoms. The minimum absolute atomic E-state index is 0.105. The lowest BCUT2D eigenvalue weighted by Gasteiger charge is -2.10. The topological polar surface area (TPSA) is 93.5 Å². The van der Waals surface area contributed by atoms with Crippen LogP contribution in [0.4, 0.5) is 11.4 Å². The Balaban J connectivity index is 2.50. The lowest BCUT2D eigenvalue weighted by Crippen LogP contribution is -2.26. The highest BCUT2D eigenvalue weighted by molar-refractivity contribution is 6.00. The maximum absolute atomic E-state index is 12.1. The van der Waals surface area contributed by atoms with E-state index in [0.717, 1.165) is 19.4 Å². The van der Waals surface area contributed by atoms with Gasteiger partial charge < -0.3 is 15.4 Å². The number of carbonyl (C=O) groups is 1. The van der Waals surface area contributed by atoms with Gasteiger partial charge in [-0.1, -0.05) is 13.3 Å². The van der Waals surface area contributed by atoms with E-state index in [4.69, 9.17) is 4.74 Å². The van der Waals surface area contributed by atoms with E-state index in [1.165, 1.54) is 18.2 Å². The highest BCUT2D eigenvalue weighted by atomic mass is 16.6. The van der Waals surface area contributed by atoms with E-state index in [9.17, 15) is 14.9 Å². The van der Waals surface area contributed by atoms with E-state index in [0.29, 0.717) is 25.3 Å². The van der Waals surface area contributed by atoms with Gasteiger partial charge in [0, 0.05) is 44.6 Å². The third-order valence-electron chi connectivity index (χ3n) is 3.12. The molecule has 0 bridgehead atoms. The van der Waals surface area contributed by atoms with Crippen molar-refractivity contribution in [1.82, 2.24) is 5.32 Å². The van der Waals surface area contributed by atoms with Gasteiger partial charge in [0.2, 0.25) is 0 Å². The van der Waals surface area contributed by atoms with E-state index < -0.39 is 4.92 Å². The fourth-order valence-electron chi connectivity index (χ4n) is 1.87. The molecule has 0 radical (unpaired) electrons. The zero-order valence-corrected chi connectivity index (χ0v) is 13.1. The zero-order chi connectivity index (χ0) is 16.4. The van der Waals surface area contributed by atoms with Crippen LogP contribution in [0.25, 0.3) is 0 Å². The molecule has 122 valence electrons. The first-order valence-electron chi connectivity index (χ1n) is 7.42. The molecule has 0 atom stereocenters. The van der Waals surface area contributed by atoms with Crippen molar-refractivity contribution >= 4 is 17.3 Å². The molecule has 0 saturated carbocycles. The van der Waals surface area contributed by atoms with E-state index in [1.54, 1.807) is 7.05 Å². The van der Waals surface area contributed by atoms with Crippen LogP contribution in [0, 0.1) is 10.1 Å². The summed E-state index contributed by atoms with van der Waals surface area (Å²) in [4.78, 5) is 22.4. The van der Waals surface area contributed by atoms with Crippen LogP contribution in [0.5, 0.6) is 0 Å². The summed E-state index contributed by atoms with van der Waals surface area (Å²) in [6.45, 7) is 3.89. The van der Waals surface area contributed by atoms with Gasteiger partial charge >= 0.3 is 0 Å². The Morgan fingerprint density at radius 3 is 2.68 bits per heavy atom. The number of nitro benzene ring substituents is 1. The summed E-state index contributed by atoms with van der Waals surface area (Å²) < 4.78 is 5.40. The van der Waals surface area contributed by atoms with Crippen LogP contribution in [0.3, 0.4) is 0 Å². The summed E-state index contributed by atoms with van der Waals surface area (Å²) >= 11 is 0. The van der Waals surface area contributed by atoms with Crippen molar-refractivity contribution in [3.05, 3.63) is 33.9 Å². The van der Waals surface area contributed by atoms with Crippen LogP contribution in [-0.4, -0.2) is 37.6 Å². The van der Waals surface area contributed by atoms with Crippen molar-refractivity contribution in [2.75, 3.05) is 32.1 Å². The average Bonchev–Trinajstić information content (AvgIpc) is 2.53. The van der Waals surface area contributed by atoms with Crippen LogP contribution in [0.1, 0.15) is 36.5 Å². The van der Waals surface area contributed by atoms with Gasteiger partial charge in [0.05, 0.1) is 10.5 Å². The molecule has 7 nitrogen and oxygen atoms in total. The van der Waals surface area contributed by atoms with E-state index in [-0.39, 0.29) is 17.2 Å². The van der Waals surface area contributed by atoms with Crippen LogP contribution in [-0.2, 0) is 4.74 Å². The number of nitrogens with zero attached hydrogens (tertiary/aromatic N) is 1. The molecule has 0 unspecified atom stereocenters. The second kappa shape index (κ2) is 9.73. The standard InChI is InChI=1S/C15H23N3O4/c1-3-4-9-22-10-5-8-17-15(19)13-11-12(18(20)21)6-7-14(13)16-2/h6-7,11,16H,3-5,8-10H2,1-2H3,(H,17,19). The smallest absolute Gasteiger partial charge is 0.270 e. The normalized spacial score (nSPS) is 10.3. The molecule has 0 aliphatic heterocycles. The van der Waals surface area contributed by atoms with Crippen molar-refractivity contribution in [2.45, 2.75) is 26.2 Å². The Morgan fingerprint density at radius 2 is 2.05 bits per heavy atom. The lowest BCUT2D eigenvalue weighted by molar-refractivity contribution is -0.384. The number of carbonyl (C=O) groups excluding carboxylic acids is 1. The molecule has 1 rings (SSSR count). The Bertz CT molecular complexity index is 506. The number of unbranched alkanes of at least 4 members (excludes halogenated alkanes) is 1. The van der Waals surface area contributed by atoms with E-state index in [2.05, 4.69) is 17.6 Å². The molecular formula is C15H23N3O4. The Labute approximate surface area is 130 Å². The average molecular weight is 309 g/mol. The third-order valence-corrected chi connectivity index (χ3v) is 3.12. The van der Waals surface area contributed by atoms with Crippen LogP contribution >= 0.6 is 0 Å². The summed E-state index contributed by atoms with van der Waals surface area (Å²) in [6.07, 6.45) is 2.83. The third kappa shape index (κ3) is 5.69. The van der Waals surface area contributed by atoms with E-state index in [1.807, 2.05) is 0 Å². The number of ether oxygens (including phenoxy) is 1. The number of benzene rings is 1. The van der Waals surface area contributed by atoms with Gasteiger partial charge in [-0.15, -0.1) is 0 Å². The van der Waals surface area contributed by atoms with Gasteiger partial charge in [-0.25, -0.2) is 0 Å². The Kier molecular flexibility index (Phi) is 7.91. The number of amides is 1. The fourth-order valence-corrected chi connectivity index (χ4v) is 1.87. The minimum atomic E-state index is -0.516. The van der Waals surface area contributed by atoms with Crippen molar-refractivity contribution in [3.8, 4) is 0 Å². The van der Waals surface area contributed by atoms with Gasteiger partial charge in [0.1, 0.15) is 0 Å². The second-order valence-corrected chi connectivity index (χ2v) is 4.81. The summed E-state index contributed by atoms with van der Waals surface area (Å²) in [5, 5.41) is 16.4. The monoisotopic (exact) mass is 309 g/mol. The zero-order valence-electron chi connectivity index (χ0n) is 13.1. The molecule has 0 fully saturated rings. The Hall–Kier alpha value is -2.15. The van der Waals surface area contributed by atoms with Gasteiger partial charge in [-0.2, -0.15) is 0 Å². The molecule has 0 aliphatic carbocycles. The fraction of sp³-hybridized carbons (Fsp3) is 0.533. The molecule has 0 aromatic heterocycles. The molecule has 1 aromatic carbocycles. The van der Waals surface area contributed by atoms with Gasteiger partial charge in [0.25, 0.3) is 11.6 Å². The predicted octanol–water partition coefficient (Wildman–Crippen LogP) is 2.57. The Morgan fingerprint density at radius 1 is 1.32 bits per heavy atom. The van der Waals surface area contributed by atoms with Crippen molar-refractivity contribution in [3.63, 3.8) is 0 Å². The van der Waals surface area contributed by atoms with Crippen LogP contribution in [0.15, 0.2) is 18.2 Å². The van der Waals surface area contributed by atoms with Crippen molar-refractivity contribution in [1.29, 1.82) is 0 Å². The number of anilines is 1. The number of non-ortho nitro benzene ring substituents is 1. The SMILES string of the molecule is CCCCOCCCNC(=O)c1cc([N+](=O)[O-])ccc1NC. The highest BCUT2D eigenvalue weighted by Gasteiger charge is 2.15. The largest absolute Gasteiger partial charge is 0.387 e. The molecular weight excluding hydrogens is 286 g/mol. The summed E-state index contributed by atoms with van der Waals surface area (Å²) in [7, 11) is 1.67. The number of nitro groups is 1. The van der Waals surface area contributed by atoms with Gasteiger partial charge in [0.15, 0.2) is 0 Å². The maximum atomic E-state index is 12.1. The second-order valence-electron chi connectivity index (χ2n) is 4.81. The number of rotatable bonds is 10. The molecule has 0 heterocycles. The van der Waals surface area contributed by atoms with E-state index >= 15 is 0 Å². The highest BCUT2D eigenvalue weighted by Crippen LogP contribution is 2.21. The maximum Gasteiger partial charge on any atom is 0.270 e. The quantitative estimate of drug-likeness (QED) is 0.393. The number of hydrogen-bond acceptors (Lipinski definition) is 5. The summed E-state index contributed by atoms with van der Waals surface area (Å²) in [5.74, 6) is -0.332. The molecule has 7 heteroatoms. The molecule has 2 N–H and O–H groups in total. The summed E-state index contributed by atoms with van der Waals surface area (Å²) in [5.41, 5.74) is 0.720. The number of nitrogens with one attached hydrogen (secondary N) is 2. The van der Waals surface area contributed by atoms with Gasteiger partial charge in [-0.05, 0) is 18.9 Å². The first-order chi connectivity index (χ1) is 10.6. The molecule has 0 saturated heterocycles. The molecule has 0 spiro atoms. The predicted molar refractivity (Wildman–Crippen MR) is 85.3 cm³/mol. The first-order valence-corrected chi connectivity index (χ1v) is 7.42. The first kappa shape index (κ1) is 17.9. The molecule has 1 aromatic rings.